The predicted molar refractivity (Wildman–Crippen MR) is 82.1 cm³/mol. The lowest BCUT2D eigenvalue weighted by Gasteiger charge is -2.34. The van der Waals surface area contributed by atoms with E-state index >= 15 is 0 Å². The van der Waals surface area contributed by atoms with Gasteiger partial charge in [-0.1, -0.05) is 12.1 Å². The second-order valence-corrected chi connectivity index (χ2v) is 6.03. The minimum Gasteiger partial charge on any atom is -0.399 e. The highest BCUT2D eigenvalue weighted by Crippen LogP contribution is 2.24. The number of nitrogen functional groups attached to an aromatic ring is 1. The van der Waals surface area contributed by atoms with Gasteiger partial charge in [0, 0.05) is 18.3 Å². The molecule has 1 saturated heterocycles. The molecule has 1 heterocycles. The van der Waals surface area contributed by atoms with Crippen molar-refractivity contribution >= 4 is 5.69 Å². The van der Waals surface area contributed by atoms with Gasteiger partial charge in [-0.15, -0.1) is 0 Å². The van der Waals surface area contributed by atoms with Crippen LogP contribution < -0.4 is 5.73 Å². The largest absolute Gasteiger partial charge is 0.399 e. The zero-order valence-corrected chi connectivity index (χ0v) is 12.5. The van der Waals surface area contributed by atoms with Crippen LogP contribution in [0.3, 0.4) is 0 Å². The summed E-state index contributed by atoms with van der Waals surface area (Å²) in [4.78, 5) is 4.90. The molecule has 2 rings (SSSR count). The first-order chi connectivity index (χ1) is 9.06. The van der Waals surface area contributed by atoms with E-state index in [4.69, 9.17) is 5.73 Å². The molecular formula is C16H27N3. The molecule has 1 fully saturated rings. The Balaban J connectivity index is 1.88. The average Bonchev–Trinajstić information content (AvgIpc) is 2.41. The van der Waals surface area contributed by atoms with E-state index in [1.807, 2.05) is 12.1 Å². The quantitative estimate of drug-likeness (QED) is 0.846. The molecule has 0 aromatic heterocycles. The van der Waals surface area contributed by atoms with Crippen molar-refractivity contribution in [3.63, 3.8) is 0 Å². The van der Waals surface area contributed by atoms with Gasteiger partial charge in [-0.3, -0.25) is 4.90 Å². The standard InChI is InChI=1S/C16H27N3/c1-13(15-4-6-16(17)7-5-15)19(3)12-14-8-10-18(2)11-9-14/h4-7,13-14H,8-12,17H2,1-3H3. The summed E-state index contributed by atoms with van der Waals surface area (Å²) in [6.07, 6.45) is 2.66. The van der Waals surface area contributed by atoms with Gasteiger partial charge in [-0.2, -0.15) is 0 Å². The average molecular weight is 261 g/mol. The van der Waals surface area contributed by atoms with Gasteiger partial charge in [0.05, 0.1) is 0 Å². The Morgan fingerprint density at radius 2 is 1.84 bits per heavy atom. The van der Waals surface area contributed by atoms with Crippen molar-refractivity contribution in [3.05, 3.63) is 29.8 Å². The highest BCUT2D eigenvalue weighted by molar-refractivity contribution is 5.40. The Bertz CT molecular complexity index is 379. The van der Waals surface area contributed by atoms with Crippen LogP contribution in [0, 0.1) is 5.92 Å². The van der Waals surface area contributed by atoms with Gasteiger partial charge in [-0.25, -0.2) is 0 Å². The Morgan fingerprint density at radius 1 is 1.26 bits per heavy atom. The van der Waals surface area contributed by atoms with Gasteiger partial charge >= 0.3 is 0 Å². The number of nitrogens with zero attached hydrogens (tertiary/aromatic N) is 2. The number of hydrogen-bond acceptors (Lipinski definition) is 3. The van der Waals surface area contributed by atoms with Crippen LogP contribution in [0.2, 0.25) is 0 Å². The predicted octanol–water partition coefficient (Wildman–Crippen LogP) is 2.60. The second-order valence-electron chi connectivity index (χ2n) is 6.03. The summed E-state index contributed by atoms with van der Waals surface area (Å²) in [6, 6.07) is 8.74. The van der Waals surface area contributed by atoms with Gasteiger partial charge < -0.3 is 10.6 Å². The second kappa shape index (κ2) is 6.40. The highest BCUT2D eigenvalue weighted by Gasteiger charge is 2.20. The summed E-state index contributed by atoms with van der Waals surface area (Å²) in [7, 11) is 4.45. The lowest BCUT2D eigenvalue weighted by atomic mass is 9.95. The summed E-state index contributed by atoms with van der Waals surface area (Å²) >= 11 is 0. The zero-order chi connectivity index (χ0) is 13.8. The third kappa shape index (κ3) is 3.95. The van der Waals surface area contributed by atoms with E-state index in [2.05, 4.69) is 43.0 Å². The molecule has 0 saturated carbocycles. The van der Waals surface area contributed by atoms with Gasteiger partial charge in [0.25, 0.3) is 0 Å². The minimum atomic E-state index is 0.459. The molecule has 1 atom stereocenters. The molecule has 0 amide bonds. The van der Waals surface area contributed by atoms with Crippen LogP contribution in [-0.4, -0.2) is 43.5 Å². The number of anilines is 1. The number of hydrogen-bond donors (Lipinski definition) is 1. The molecule has 0 bridgehead atoms. The molecule has 1 aromatic carbocycles. The smallest absolute Gasteiger partial charge is 0.0316 e. The van der Waals surface area contributed by atoms with E-state index in [9.17, 15) is 0 Å². The Morgan fingerprint density at radius 3 is 2.42 bits per heavy atom. The maximum Gasteiger partial charge on any atom is 0.0316 e. The van der Waals surface area contributed by atoms with Crippen LogP contribution in [0.5, 0.6) is 0 Å². The number of benzene rings is 1. The summed E-state index contributed by atoms with van der Waals surface area (Å²) < 4.78 is 0. The fourth-order valence-electron chi connectivity index (χ4n) is 2.84. The van der Waals surface area contributed by atoms with E-state index in [0.717, 1.165) is 11.6 Å². The van der Waals surface area contributed by atoms with Gasteiger partial charge in [0.1, 0.15) is 0 Å². The van der Waals surface area contributed by atoms with Gasteiger partial charge in [0.2, 0.25) is 0 Å². The van der Waals surface area contributed by atoms with E-state index in [1.54, 1.807) is 0 Å². The van der Waals surface area contributed by atoms with Crippen molar-refractivity contribution in [2.45, 2.75) is 25.8 Å². The summed E-state index contributed by atoms with van der Waals surface area (Å²) in [5, 5.41) is 0. The first-order valence-corrected chi connectivity index (χ1v) is 7.30. The van der Waals surface area contributed by atoms with E-state index in [0.29, 0.717) is 6.04 Å². The molecule has 1 aromatic rings. The monoisotopic (exact) mass is 261 g/mol. The molecule has 1 aliphatic heterocycles. The van der Waals surface area contributed by atoms with Crippen molar-refractivity contribution < 1.29 is 0 Å². The molecule has 106 valence electrons. The third-order valence-corrected chi connectivity index (χ3v) is 4.46. The van der Waals surface area contributed by atoms with Crippen LogP contribution in [-0.2, 0) is 0 Å². The fraction of sp³-hybridized carbons (Fsp3) is 0.625. The third-order valence-electron chi connectivity index (χ3n) is 4.46. The lowest BCUT2D eigenvalue weighted by Crippen LogP contribution is -2.36. The van der Waals surface area contributed by atoms with E-state index in [1.165, 1.54) is 38.0 Å². The molecule has 19 heavy (non-hydrogen) atoms. The number of piperidine rings is 1. The topological polar surface area (TPSA) is 32.5 Å². The zero-order valence-electron chi connectivity index (χ0n) is 12.5. The van der Waals surface area contributed by atoms with Crippen LogP contribution in [0.25, 0.3) is 0 Å². The summed E-state index contributed by atoms with van der Waals surface area (Å²) in [5.74, 6) is 0.845. The SMILES string of the molecule is CC(c1ccc(N)cc1)N(C)CC1CCN(C)CC1. The highest BCUT2D eigenvalue weighted by atomic mass is 15.1. The summed E-state index contributed by atoms with van der Waals surface area (Å²) in [5.41, 5.74) is 7.94. The molecule has 0 aliphatic carbocycles. The molecule has 1 aliphatic rings. The van der Waals surface area contributed by atoms with Crippen LogP contribution in [0.4, 0.5) is 5.69 Å². The molecule has 1 unspecified atom stereocenters. The maximum absolute atomic E-state index is 5.75. The molecular weight excluding hydrogens is 234 g/mol. The Kier molecular flexibility index (Phi) is 4.83. The fourth-order valence-corrected chi connectivity index (χ4v) is 2.84. The van der Waals surface area contributed by atoms with Crippen LogP contribution in [0.1, 0.15) is 31.4 Å². The number of likely N-dealkylation sites (tertiary alicyclic amines) is 1. The lowest BCUT2D eigenvalue weighted by molar-refractivity contribution is 0.155. The Labute approximate surface area is 117 Å². The number of rotatable bonds is 4. The van der Waals surface area contributed by atoms with Crippen molar-refractivity contribution in [2.75, 3.05) is 39.5 Å². The van der Waals surface area contributed by atoms with E-state index < -0.39 is 0 Å². The molecule has 3 heteroatoms. The first kappa shape index (κ1) is 14.4. The molecule has 3 nitrogen and oxygen atoms in total. The minimum absolute atomic E-state index is 0.459. The van der Waals surface area contributed by atoms with Crippen LogP contribution in [0.15, 0.2) is 24.3 Å². The van der Waals surface area contributed by atoms with Gasteiger partial charge in [-0.05, 0) is 70.6 Å². The van der Waals surface area contributed by atoms with Crippen molar-refractivity contribution in [1.29, 1.82) is 0 Å². The molecule has 0 spiro atoms. The van der Waals surface area contributed by atoms with Crippen molar-refractivity contribution in [2.24, 2.45) is 5.92 Å². The van der Waals surface area contributed by atoms with E-state index in [-0.39, 0.29) is 0 Å². The van der Waals surface area contributed by atoms with Gasteiger partial charge in [0.15, 0.2) is 0 Å². The Hall–Kier alpha value is -1.06. The van der Waals surface area contributed by atoms with Crippen LogP contribution >= 0.6 is 0 Å². The van der Waals surface area contributed by atoms with Crippen molar-refractivity contribution in [1.82, 2.24) is 9.80 Å². The number of nitrogens with two attached hydrogens (primary N) is 1. The van der Waals surface area contributed by atoms with Crippen molar-refractivity contribution in [3.8, 4) is 0 Å². The summed E-state index contributed by atoms with van der Waals surface area (Å²) in [6.45, 7) is 5.96. The molecule has 2 N–H and O–H groups in total. The maximum atomic E-state index is 5.75. The normalized spacial score (nSPS) is 19.8. The molecule has 0 radical (unpaired) electrons. The first-order valence-electron chi connectivity index (χ1n) is 7.30.